The number of hydrogen-bond donors (Lipinski definition) is 0. The van der Waals surface area contributed by atoms with E-state index in [0.29, 0.717) is 6.54 Å². The number of hydrogen-bond acceptors (Lipinski definition) is 3. The van der Waals surface area contributed by atoms with Gasteiger partial charge in [0, 0.05) is 42.0 Å². The van der Waals surface area contributed by atoms with Gasteiger partial charge in [-0.1, -0.05) is 0 Å². The van der Waals surface area contributed by atoms with Crippen LogP contribution in [0.2, 0.25) is 0 Å². The lowest BCUT2D eigenvalue weighted by atomic mass is 10.2. The molecule has 2 rings (SSSR count). The van der Waals surface area contributed by atoms with Crippen molar-refractivity contribution < 1.29 is 4.79 Å². The van der Waals surface area contributed by atoms with Crippen LogP contribution in [0.25, 0.3) is 0 Å². The van der Waals surface area contributed by atoms with Gasteiger partial charge < -0.3 is 14.7 Å². The van der Waals surface area contributed by atoms with Crippen molar-refractivity contribution in [1.82, 2.24) is 9.80 Å². The Balaban J connectivity index is 1.95. The average molecular weight is 387 g/mol. The van der Waals surface area contributed by atoms with Crippen molar-refractivity contribution in [3.05, 3.63) is 27.8 Å². The maximum absolute atomic E-state index is 12.4. The highest BCUT2D eigenvalue weighted by atomic mass is 127. The second-order valence-electron chi connectivity index (χ2n) is 5.17. The minimum absolute atomic E-state index is 0.235. The third kappa shape index (κ3) is 4.09. The number of carbonyl (C=O) groups is 1. The monoisotopic (exact) mass is 387 g/mol. The first kappa shape index (κ1) is 15.6. The summed E-state index contributed by atoms with van der Waals surface area (Å²) in [7, 11) is 2.10. The van der Waals surface area contributed by atoms with Crippen LogP contribution in [0.15, 0.2) is 24.3 Å². The number of anilines is 1. The standard InChI is InChI=1S/C15H22IN3O/c1-3-18(14-6-4-13(16)5-7-14)12-15(20)19-10-8-17(2)9-11-19/h4-7H,3,8-12H2,1-2H3. The molecule has 1 fully saturated rings. The first-order valence-corrected chi connectivity index (χ1v) is 8.15. The minimum atomic E-state index is 0.235. The van der Waals surface area contributed by atoms with Crippen LogP contribution in [-0.2, 0) is 4.79 Å². The molecule has 0 saturated carbocycles. The van der Waals surface area contributed by atoms with Gasteiger partial charge in [0.05, 0.1) is 6.54 Å². The Labute approximate surface area is 134 Å². The van der Waals surface area contributed by atoms with E-state index < -0.39 is 0 Å². The van der Waals surface area contributed by atoms with Crippen molar-refractivity contribution >= 4 is 34.2 Å². The largest absolute Gasteiger partial charge is 0.362 e. The van der Waals surface area contributed by atoms with Gasteiger partial charge in [-0.3, -0.25) is 4.79 Å². The van der Waals surface area contributed by atoms with E-state index in [4.69, 9.17) is 0 Å². The Bertz CT molecular complexity index is 441. The third-order valence-corrected chi connectivity index (χ3v) is 4.47. The van der Waals surface area contributed by atoms with Gasteiger partial charge in [-0.05, 0) is 60.8 Å². The maximum Gasteiger partial charge on any atom is 0.242 e. The Morgan fingerprint density at radius 1 is 1.20 bits per heavy atom. The highest BCUT2D eigenvalue weighted by molar-refractivity contribution is 14.1. The Morgan fingerprint density at radius 2 is 1.80 bits per heavy atom. The molecule has 1 saturated heterocycles. The summed E-state index contributed by atoms with van der Waals surface area (Å²) in [6, 6.07) is 8.34. The summed E-state index contributed by atoms with van der Waals surface area (Å²) in [6.45, 7) is 7.05. The van der Waals surface area contributed by atoms with Crippen LogP contribution in [0.3, 0.4) is 0 Å². The van der Waals surface area contributed by atoms with Crippen LogP contribution in [0.5, 0.6) is 0 Å². The summed E-state index contributed by atoms with van der Waals surface area (Å²) in [5.41, 5.74) is 1.12. The molecule has 110 valence electrons. The lowest BCUT2D eigenvalue weighted by Gasteiger charge is -2.34. The molecule has 1 aliphatic rings. The normalized spacial score (nSPS) is 16.2. The first-order chi connectivity index (χ1) is 9.60. The van der Waals surface area contributed by atoms with Crippen molar-refractivity contribution in [2.75, 3.05) is 51.2 Å². The SMILES string of the molecule is CCN(CC(=O)N1CCN(C)CC1)c1ccc(I)cc1. The molecule has 20 heavy (non-hydrogen) atoms. The van der Waals surface area contributed by atoms with Gasteiger partial charge >= 0.3 is 0 Å². The molecule has 1 amide bonds. The summed E-state index contributed by atoms with van der Waals surface area (Å²) in [6.07, 6.45) is 0. The lowest BCUT2D eigenvalue weighted by Crippen LogP contribution is -2.50. The number of amides is 1. The van der Waals surface area contributed by atoms with Crippen molar-refractivity contribution in [2.45, 2.75) is 6.92 Å². The second kappa shape index (κ2) is 7.26. The summed E-state index contributed by atoms with van der Waals surface area (Å²) in [5.74, 6) is 0.235. The van der Waals surface area contributed by atoms with E-state index in [2.05, 4.69) is 70.6 Å². The molecule has 0 bridgehead atoms. The molecule has 1 aromatic rings. The number of nitrogens with zero attached hydrogens (tertiary/aromatic N) is 3. The van der Waals surface area contributed by atoms with Gasteiger partial charge in [-0.15, -0.1) is 0 Å². The van der Waals surface area contributed by atoms with Crippen LogP contribution in [0, 0.1) is 3.57 Å². The zero-order valence-corrected chi connectivity index (χ0v) is 14.3. The summed E-state index contributed by atoms with van der Waals surface area (Å²) >= 11 is 2.30. The van der Waals surface area contributed by atoms with E-state index in [1.165, 1.54) is 3.57 Å². The molecule has 5 heteroatoms. The van der Waals surface area contributed by atoms with Gasteiger partial charge in [0.25, 0.3) is 0 Å². The maximum atomic E-state index is 12.4. The Hall–Kier alpha value is -0.820. The van der Waals surface area contributed by atoms with Gasteiger partial charge in [0.15, 0.2) is 0 Å². The average Bonchev–Trinajstić information content (AvgIpc) is 2.46. The number of halogens is 1. The number of rotatable bonds is 4. The van der Waals surface area contributed by atoms with E-state index in [9.17, 15) is 4.79 Å². The first-order valence-electron chi connectivity index (χ1n) is 7.07. The highest BCUT2D eigenvalue weighted by Gasteiger charge is 2.20. The summed E-state index contributed by atoms with van der Waals surface area (Å²) in [5, 5.41) is 0. The molecule has 0 radical (unpaired) electrons. The highest BCUT2D eigenvalue weighted by Crippen LogP contribution is 2.16. The third-order valence-electron chi connectivity index (χ3n) is 3.76. The van der Waals surface area contributed by atoms with Crippen molar-refractivity contribution in [2.24, 2.45) is 0 Å². The van der Waals surface area contributed by atoms with Crippen LogP contribution in [0.1, 0.15) is 6.92 Å². The fourth-order valence-corrected chi connectivity index (χ4v) is 2.72. The minimum Gasteiger partial charge on any atom is -0.362 e. The fourth-order valence-electron chi connectivity index (χ4n) is 2.36. The Morgan fingerprint density at radius 3 is 2.35 bits per heavy atom. The van der Waals surface area contributed by atoms with Gasteiger partial charge in [0.2, 0.25) is 5.91 Å². The van der Waals surface area contributed by atoms with Gasteiger partial charge in [0.1, 0.15) is 0 Å². The van der Waals surface area contributed by atoms with Crippen molar-refractivity contribution in [1.29, 1.82) is 0 Å². The molecule has 0 aliphatic carbocycles. The molecule has 0 N–H and O–H groups in total. The molecule has 1 aromatic carbocycles. The van der Waals surface area contributed by atoms with E-state index >= 15 is 0 Å². The molecule has 0 aromatic heterocycles. The second-order valence-corrected chi connectivity index (χ2v) is 6.42. The molecule has 0 unspecified atom stereocenters. The Kier molecular flexibility index (Phi) is 5.65. The zero-order valence-electron chi connectivity index (χ0n) is 12.2. The number of carbonyl (C=O) groups excluding carboxylic acids is 1. The van der Waals surface area contributed by atoms with E-state index in [1.807, 2.05) is 4.90 Å². The topological polar surface area (TPSA) is 26.8 Å². The molecule has 1 aliphatic heterocycles. The van der Waals surface area contributed by atoms with E-state index in [0.717, 1.165) is 38.4 Å². The summed E-state index contributed by atoms with van der Waals surface area (Å²) in [4.78, 5) is 18.8. The lowest BCUT2D eigenvalue weighted by molar-refractivity contribution is -0.131. The number of benzene rings is 1. The zero-order chi connectivity index (χ0) is 14.5. The fraction of sp³-hybridized carbons (Fsp3) is 0.533. The molecule has 1 heterocycles. The predicted molar refractivity (Wildman–Crippen MR) is 91.1 cm³/mol. The van der Waals surface area contributed by atoms with Crippen molar-refractivity contribution in [3.63, 3.8) is 0 Å². The van der Waals surface area contributed by atoms with Crippen LogP contribution in [0.4, 0.5) is 5.69 Å². The van der Waals surface area contributed by atoms with Crippen LogP contribution >= 0.6 is 22.6 Å². The molecule has 0 spiro atoms. The van der Waals surface area contributed by atoms with Crippen molar-refractivity contribution in [3.8, 4) is 0 Å². The summed E-state index contributed by atoms with van der Waals surface area (Å²) < 4.78 is 1.22. The van der Waals surface area contributed by atoms with Gasteiger partial charge in [-0.2, -0.15) is 0 Å². The molecule has 4 nitrogen and oxygen atoms in total. The predicted octanol–water partition coefficient (Wildman–Crippen LogP) is 1.89. The number of piperazine rings is 1. The number of likely N-dealkylation sites (N-methyl/N-ethyl adjacent to an activating group) is 2. The van der Waals surface area contributed by atoms with Gasteiger partial charge in [-0.25, -0.2) is 0 Å². The van der Waals surface area contributed by atoms with Crippen LogP contribution in [-0.4, -0.2) is 62.0 Å². The molecular weight excluding hydrogens is 365 g/mol. The molecule has 0 atom stereocenters. The van der Waals surface area contributed by atoms with E-state index in [-0.39, 0.29) is 5.91 Å². The smallest absolute Gasteiger partial charge is 0.242 e. The van der Waals surface area contributed by atoms with Crippen LogP contribution < -0.4 is 4.90 Å². The quantitative estimate of drug-likeness (QED) is 0.739. The molecular formula is C15H22IN3O. The van der Waals surface area contributed by atoms with E-state index in [1.54, 1.807) is 0 Å².